The second-order valence-corrected chi connectivity index (χ2v) is 5.61. The number of aromatic nitrogens is 2. The summed E-state index contributed by atoms with van der Waals surface area (Å²) in [5.74, 6) is 0.0464. The SMILES string of the molecule is O=C(c1cncc(N2CCO[C@H](C(F)(F)F)C2)n1)N1CCCC1. The van der Waals surface area contributed by atoms with E-state index in [0.29, 0.717) is 13.1 Å². The number of nitrogens with zero attached hydrogens (tertiary/aromatic N) is 4. The molecule has 2 fully saturated rings. The summed E-state index contributed by atoms with van der Waals surface area (Å²) in [7, 11) is 0. The van der Waals surface area contributed by atoms with Gasteiger partial charge in [-0.2, -0.15) is 13.2 Å². The lowest BCUT2D eigenvalue weighted by molar-refractivity contribution is -0.221. The van der Waals surface area contributed by atoms with Crippen LogP contribution in [0.3, 0.4) is 0 Å². The number of halogens is 3. The van der Waals surface area contributed by atoms with Crippen LogP contribution in [0.15, 0.2) is 12.4 Å². The van der Waals surface area contributed by atoms with E-state index in [4.69, 9.17) is 4.74 Å². The van der Waals surface area contributed by atoms with Crippen molar-refractivity contribution >= 4 is 11.7 Å². The van der Waals surface area contributed by atoms with Crippen molar-refractivity contribution in [2.45, 2.75) is 25.1 Å². The van der Waals surface area contributed by atoms with Gasteiger partial charge < -0.3 is 14.5 Å². The number of hydrogen-bond donors (Lipinski definition) is 0. The zero-order chi connectivity index (χ0) is 16.4. The molecule has 2 saturated heterocycles. The second kappa shape index (κ2) is 6.31. The average molecular weight is 330 g/mol. The van der Waals surface area contributed by atoms with Crippen molar-refractivity contribution in [2.24, 2.45) is 0 Å². The molecule has 3 rings (SSSR count). The molecular formula is C14H17F3N4O2. The number of alkyl halides is 3. The van der Waals surface area contributed by atoms with Crippen LogP contribution in [0.5, 0.6) is 0 Å². The minimum atomic E-state index is -4.42. The van der Waals surface area contributed by atoms with Crippen LogP contribution in [0.4, 0.5) is 19.0 Å². The Morgan fingerprint density at radius 3 is 2.65 bits per heavy atom. The molecule has 1 amide bonds. The Balaban J connectivity index is 1.75. The lowest BCUT2D eigenvalue weighted by Gasteiger charge is -2.34. The first-order valence-electron chi connectivity index (χ1n) is 7.50. The van der Waals surface area contributed by atoms with Gasteiger partial charge in [-0.3, -0.25) is 9.78 Å². The van der Waals surface area contributed by atoms with Gasteiger partial charge in [0.1, 0.15) is 11.5 Å². The third-order valence-electron chi connectivity index (χ3n) is 3.99. The van der Waals surface area contributed by atoms with Crippen LogP contribution in [-0.2, 0) is 4.74 Å². The van der Waals surface area contributed by atoms with Crippen molar-refractivity contribution in [3.05, 3.63) is 18.1 Å². The van der Waals surface area contributed by atoms with Crippen LogP contribution >= 0.6 is 0 Å². The van der Waals surface area contributed by atoms with Crippen LogP contribution < -0.4 is 4.90 Å². The highest BCUT2D eigenvalue weighted by Gasteiger charge is 2.43. The van der Waals surface area contributed by atoms with E-state index in [9.17, 15) is 18.0 Å². The topological polar surface area (TPSA) is 58.6 Å². The van der Waals surface area contributed by atoms with Gasteiger partial charge in [0.2, 0.25) is 0 Å². The molecule has 126 valence electrons. The van der Waals surface area contributed by atoms with Gasteiger partial charge in [-0.15, -0.1) is 0 Å². The Labute approximate surface area is 131 Å². The molecule has 1 aromatic rings. The quantitative estimate of drug-likeness (QED) is 0.822. The first-order chi connectivity index (χ1) is 10.9. The van der Waals surface area contributed by atoms with Crippen molar-refractivity contribution in [1.82, 2.24) is 14.9 Å². The zero-order valence-corrected chi connectivity index (χ0v) is 12.4. The van der Waals surface area contributed by atoms with Gasteiger partial charge in [0.05, 0.1) is 25.5 Å². The van der Waals surface area contributed by atoms with Gasteiger partial charge in [-0.05, 0) is 12.8 Å². The molecule has 2 aliphatic rings. The van der Waals surface area contributed by atoms with Gasteiger partial charge in [-0.1, -0.05) is 0 Å². The summed E-state index contributed by atoms with van der Waals surface area (Å²) in [6.07, 6.45) is -1.64. The Morgan fingerprint density at radius 2 is 1.96 bits per heavy atom. The van der Waals surface area contributed by atoms with Gasteiger partial charge in [0.25, 0.3) is 5.91 Å². The maximum absolute atomic E-state index is 12.8. The predicted octanol–water partition coefficient (Wildman–Crippen LogP) is 1.48. The number of carbonyl (C=O) groups excluding carboxylic acids is 1. The molecule has 3 heterocycles. The van der Waals surface area contributed by atoms with Crippen molar-refractivity contribution in [3.8, 4) is 0 Å². The van der Waals surface area contributed by atoms with Gasteiger partial charge in [0, 0.05) is 19.6 Å². The number of ether oxygens (including phenoxy) is 1. The molecule has 0 unspecified atom stereocenters. The highest BCUT2D eigenvalue weighted by molar-refractivity contribution is 5.92. The largest absolute Gasteiger partial charge is 0.416 e. The molecule has 0 spiro atoms. The summed E-state index contributed by atoms with van der Waals surface area (Å²) >= 11 is 0. The molecule has 1 atom stereocenters. The maximum Gasteiger partial charge on any atom is 0.416 e. The minimum Gasteiger partial charge on any atom is -0.365 e. The van der Waals surface area contributed by atoms with Crippen molar-refractivity contribution < 1.29 is 22.7 Å². The van der Waals surface area contributed by atoms with Gasteiger partial charge >= 0.3 is 6.18 Å². The highest BCUT2D eigenvalue weighted by Crippen LogP contribution is 2.27. The van der Waals surface area contributed by atoms with E-state index in [0.717, 1.165) is 12.8 Å². The summed E-state index contributed by atoms with van der Waals surface area (Å²) in [4.78, 5) is 23.6. The van der Waals surface area contributed by atoms with Gasteiger partial charge in [0.15, 0.2) is 6.10 Å². The molecule has 1 aromatic heterocycles. The molecular weight excluding hydrogens is 313 g/mol. The minimum absolute atomic E-state index is 0.0455. The summed E-state index contributed by atoms with van der Waals surface area (Å²) in [5, 5.41) is 0. The van der Waals surface area contributed by atoms with E-state index in [1.807, 2.05) is 0 Å². The highest BCUT2D eigenvalue weighted by atomic mass is 19.4. The number of rotatable bonds is 2. The molecule has 23 heavy (non-hydrogen) atoms. The smallest absolute Gasteiger partial charge is 0.365 e. The van der Waals surface area contributed by atoms with Crippen LogP contribution in [0.1, 0.15) is 23.3 Å². The standard InChI is InChI=1S/C14H17F3N4O2/c15-14(16,17)11-9-21(5-6-23-11)12-8-18-7-10(19-12)13(22)20-3-1-2-4-20/h7-8,11H,1-6,9H2/t11-/m0/s1. The number of anilines is 1. The monoisotopic (exact) mass is 330 g/mol. The fourth-order valence-electron chi connectivity index (χ4n) is 2.75. The molecule has 0 aliphatic carbocycles. The summed E-state index contributed by atoms with van der Waals surface area (Å²) in [6, 6.07) is 0. The van der Waals surface area contributed by atoms with Crippen molar-refractivity contribution in [1.29, 1.82) is 0 Å². The molecule has 0 N–H and O–H groups in total. The third kappa shape index (κ3) is 3.54. The van der Waals surface area contributed by atoms with Crippen molar-refractivity contribution in [3.63, 3.8) is 0 Å². The summed E-state index contributed by atoms with van der Waals surface area (Å²) in [5.41, 5.74) is 0.166. The summed E-state index contributed by atoms with van der Waals surface area (Å²) < 4.78 is 43.1. The number of morpholine rings is 1. The second-order valence-electron chi connectivity index (χ2n) is 5.61. The van der Waals surface area contributed by atoms with E-state index in [1.165, 1.54) is 17.3 Å². The Morgan fingerprint density at radius 1 is 1.22 bits per heavy atom. The lowest BCUT2D eigenvalue weighted by Crippen LogP contribution is -2.49. The van der Waals surface area contributed by atoms with E-state index in [2.05, 4.69) is 9.97 Å². The first-order valence-corrected chi connectivity index (χ1v) is 7.50. The normalized spacial score (nSPS) is 22.5. The Bertz CT molecular complexity index is 575. The van der Waals surface area contributed by atoms with E-state index in [-0.39, 0.29) is 37.1 Å². The Kier molecular flexibility index (Phi) is 4.38. The Hall–Kier alpha value is -1.90. The maximum atomic E-state index is 12.8. The first kappa shape index (κ1) is 16.0. The van der Waals surface area contributed by atoms with Crippen LogP contribution in [0, 0.1) is 0 Å². The third-order valence-corrected chi connectivity index (χ3v) is 3.99. The van der Waals surface area contributed by atoms with E-state index in [1.54, 1.807) is 4.90 Å². The number of amides is 1. The zero-order valence-electron chi connectivity index (χ0n) is 12.4. The number of likely N-dealkylation sites (tertiary alicyclic amines) is 1. The molecule has 2 aliphatic heterocycles. The molecule has 6 nitrogen and oxygen atoms in total. The fraction of sp³-hybridized carbons (Fsp3) is 0.643. The molecule has 0 bridgehead atoms. The van der Waals surface area contributed by atoms with Crippen LogP contribution in [0.25, 0.3) is 0 Å². The van der Waals surface area contributed by atoms with Gasteiger partial charge in [-0.25, -0.2) is 4.98 Å². The van der Waals surface area contributed by atoms with E-state index >= 15 is 0 Å². The number of carbonyl (C=O) groups is 1. The van der Waals surface area contributed by atoms with Crippen LogP contribution in [-0.4, -0.2) is 65.8 Å². The fourth-order valence-corrected chi connectivity index (χ4v) is 2.75. The average Bonchev–Trinajstić information content (AvgIpc) is 3.08. The molecule has 0 saturated carbocycles. The predicted molar refractivity (Wildman–Crippen MR) is 75.2 cm³/mol. The molecule has 0 radical (unpaired) electrons. The van der Waals surface area contributed by atoms with Crippen molar-refractivity contribution in [2.75, 3.05) is 37.7 Å². The number of hydrogen-bond acceptors (Lipinski definition) is 5. The molecule has 0 aromatic carbocycles. The molecule has 9 heteroatoms. The summed E-state index contributed by atoms with van der Waals surface area (Å²) in [6.45, 7) is 1.25. The van der Waals surface area contributed by atoms with Crippen LogP contribution in [0.2, 0.25) is 0 Å². The van der Waals surface area contributed by atoms with E-state index < -0.39 is 12.3 Å². The lowest BCUT2D eigenvalue weighted by atomic mass is 10.2.